The fourth-order valence-corrected chi connectivity index (χ4v) is 1.58. The van der Waals surface area contributed by atoms with E-state index in [1.165, 1.54) is 22.3 Å². The fraction of sp³-hybridized carbons (Fsp3) is 0.385. The summed E-state index contributed by atoms with van der Waals surface area (Å²) in [5.74, 6) is 2.43. The Balaban J connectivity index is 3.00. The third-order valence-electron chi connectivity index (χ3n) is 2.44. The molecular formula is C13H15. The van der Waals surface area contributed by atoms with Crippen LogP contribution in [0.5, 0.6) is 0 Å². The molecular weight excluding hydrogens is 156 g/mol. The highest BCUT2D eigenvalue weighted by molar-refractivity contribution is 5.37. The van der Waals surface area contributed by atoms with Crippen LogP contribution in [0.15, 0.2) is 12.1 Å². The van der Waals surface area contributed by atoms with Crippen molar-refractivity contribution in [1.29, 1.82) is 0 Å². The molecule has 0 aliphatic heterocycles. The van der Waals surface area contributed by atoms with Gasteiger partial charge in [-0.25, -0.2) is 0 Å². The van der Waals surface area contributed by atoms with Crippen LogP contribution in [-0.2, 0) is 6.42 Å². The second-order valence-corrected chi connectivity index (χ2v) is 3.54. The average molecular weight is 171 g/mol. The SMILES string of the molecule is [C]#CCCc1cc(C)cc(C)c1C. The predicted octanol–water partition coefficient (Wildman–Crippen LogP) is 3.13. The number of hydrogen-bond acceptors (Lipinski definition) is 0. The van der Waals surface area contributed by atoms with E-state index in [4.69, 9.17) is 6.42 Å². The van der Waals surface area contributed by atoms with Crippen molar-refractivity contribution in [2.75, 3.05) is 0 Å². The van der Waals surface area contributed by atoms with Crippen LogP contribution in [0.25, 0.3) is 0 Å². The lowest BCUT2D eigenvalue weighted by molar-refractivity contribution is 0.999. The molecule has 1 aromatic carbocycles. The summed E-state index contributed by atoms with van der Waals surface area (Å²) in [6.07, 6.45) is 8.55. The highest BCUT2D eigenvalue weighted by Crippen LogP contribution is 2.17. The zero-order valence-corrected chi connectivity index (χ0v) is 8.57. The lowest BCUT2D eigenvalue weighted by Crippen LogP contribution is -1.93. The Kier molecular flexibility index (Phi) is 3.14. The molecule has 1 radical (unpaired) electrons. The Labute approximate surface area is 81.0 Å². The first-order valence-electron chi connectivity index (χ1n) is 4.61. The molecule has 0 bridgehead atoms. The highest BCUT2D eigenvalue weighted by Gasteiger charge is 2.01. The van der Waals surface area contributed by atoms with Crippen molar-refractivity contribution in [2.24, 2.45) is 0 Å². The lowest BCUT2D eigenvalue weighted by Gasteiger charge is -2.08. The summed E-state index contributed by atoms with van der Waals surface area (Å²) < 4.78 is 0. The first-order valence-corrected chi connectivity index (χ1v) is 4.61. The van der Waals surface area contributed by atoms with Crippen LogP contribution < -0.4 is 0 Å². The standard InChI is InChI=1S/C13H15/c1-5-6-7-13-9-10(2)8-11(3)12(13)4/h8-9H,6-7H2,2-4H3. The van der Waals surface area contributed by atoms with Crippen molar-refractivity contribution in [3.8, 4) is 5.92 Å². The molecule has 0 spiro atoms. The molecule has 0 atom stereocenters. The summed E-state index contributed by atoms with van der Waals surface area (Å²) in [5, 5.41) is 0. The molecule has 0 saturated heterocycles. The molecule has 0 N–H and O–H groups in total. The smallest absolute Gasteiger partial charge is 0.0139 e. The van der Waals surface area contributed by atoms with Crippen molar-refractivity contribution < 1.29 is 0 Å². The maximum Gasteiger partial charge on any atom is 0.0139 e. The summed E-state index contributed by atoms with van der Waals surface area (Å²) in [4.78, 5) is 0. The zero-order chi connectivity index (χ0) is 9.84. The minimum Gasteiger partial charge on any atom is -0.0888 e. The van der Waals surface area contributed by atoms with Gasteiger partial charge in [-0.2, -0.15) is 0 Å². The number of benzene rings is 1. The van der Waals surface area contributed by atoms with E-state index < -0.39 is 0 Å². The van der Waals surface area contributed by atoms with Gasteiger partial charge in [0.15, 0.2) is 0 Å². The third-order valence-corrected chi connectivity index (χ3v) is 2.44. The van der Waals surface area contributed by atoms with Crippen LogP contribution in [-0.4, -0.2) is 0 Å². The molecule has 0 saturated carbocycles. The van der Waals surface area contributed by atoms with Crippen molar-refractivity contribution >= 4 is 0 Å². The van der Waals surface area contributed by atoms with Crippen LogP contribution in [0.2, 0.25) is 0 Å². The van der Waals surface area contributed by atoms with E-state index in [-0.39, 0.29) is 0 Å². The van der Waals surface area contributed by atoms with Crippen molar-refractivity contribution in [1.82, 2.24) is 0 Å². The molecule has 0 amide bonds. The van der Waals surface area contributed by atoms with Gasteiger partial charge in [0.2, 0.25) is 0 Å². The molecule has 1 aromatic rings. The summed E-state index contributed by atoms with van der Waals surface area (Å²) in [5.41, 5.74) is 5.38. The second-order valence-electron chi connectivity index (χ2n) is 3.54. The minimum atomic E-state index is 0.726. The Bertz CT molecular complexity index is 340. The molecule has 0 heterocycles. The van der Waals surface area contributed by atoms with E-state index in [2.05, 4.69) is 38.8 Å². The van der Waals surface area contributed by atoms with E-state index in [0.717, 1.165) is 12.8 Å². The van der Waals surface area contributed by atoms with Crippen LogP contribution in [0.4, 0.5) is 0 Å². The molecule has 0 nitrogen and oxygen atoms in total. The van der Waals surface area contributed by atoms with Crippen LogP contribution in [0.1, 0.15) is 28.7 Å². The number of hydrogen-bond donors (Lipinski definition) is 0. The van der Waals surface area contributed by atoms with Gasteiger partial charge in [-0.3, -0.25) is 0 Å². The molecule has 0 aliphatic rings. The van der Waals surface area contributed by atoms with Gasteiger partial charge in [-0.15, -0.1) is 0 Å². The van der Waals surface area contributed by atoms with Crippen molar-refractivity contribution in [2.45, 2.75) is 33.6 Å². The van der Waals surface area contributed by atoms with E-state index in [1.54, 1.807) is 0 Å². The van der Waals surface area contributed by atoms with E-state index in [0.29, 0.717) is 0 Å². The van der Waals surface area contributed by atoms with Gasteiger partial charge in [0.1, 0.15) is 0 Å². The number of aryl methyl sites for hydroxylation is 3. The molecule has 1 rings (SSSR count). The van der Waals surface area contributed by atoms with Gasteiger partial charge in [-0.1, -0.05) is 23.6 Å². The van der Waals surface area contributed by atoms with Crippen LogP contribution in [0.3, 0.4) is 0 Å². The lowest BCUT2D eigenvalue weighted by atomic mass is 9.97. The molecule has 13 heavy (non-hydrogen) atoms. The normalized spacial score (nSPS) is 9.69. The van der Waals surface area contributed by atoms with Crippen molar-refractivity contribution in [3.05, 3.63) is 40.8 Å². The van der Waals surface area contributed by atoms with Crippen LogP contribution >= 0.6 is 0 Å². The van der Waals surface area contributed by atoms with E-state index in [1.807, 2.05) is 0 Å². The van der Waals surface area contributed by atoms with Gasteiger partial charge >= 0.3 is 0 Å². The maximum atomic E-state index is 6.88. The van der Waals surface area contributed by atoms with Gasteiger partial charge in [-0.05, 0) is 50.3 Å². The second kappa shape index (κ2) is 4.14. The van der Waals surface area contributed by atoms with Gasteiger partial charge in [0.25, 0.3) is 0 Å². The highest BCUT2D eigenvalue weighted by atomic mass is 14.1. The monoisotopic (exact) mass is 171 g/mol. The molecule has 0 aromatic heterocycles. The summed E-state index contributed by atoms with van der Waals surface area (Å²) in [7, 11) is 0. The molecule has 0 fully saturated rings. The maximum absolute atomic E-state index is 6.88. The van der Waals surface area contributed by atoms with Gasteiger partial charge in [0, 0.05) is 6.42 Å². The van der Waals surface area contributed by atoms with Crippen molar-refractivity contribution in [3.63, 3.8) is 0 Å². The number of rotatable bonds is 2. The summed E-state index contributed by atoms with van der Waals surface area (Å²) in [6.45, 7) is 6.40. The summed E-state index contributed by atoms with van der Waals surface area (Å²) in [6, 6.07) is 4.41. The minimum absolute atomic E-state index is 0.726. The van der Waals surface area contributed by atoms with Crippen LogP contribution in [0, 0.1) is 33.1 Å². The first kappa shape index (κ1) is 9.86. The van der Waals surface area contributed by atoms with Gasteiger partial charge in [0.05, 0.1) is 0 Å². The Morgan fingerprint density at radius 1 is 1.23 bits per heavy atom. The Hall–Kier alpha value is -1.22. The first-order chi connectivity index (χ1) is 6.15. The molecule has 0 unspecified atom stereocenters. The Morgan fingerprint density at radius 2 is 1.92 bits per heavy atom. The molecule has 67 valence electrons. The molecule has 0 aliphatic carbocycles. The molecule has 0 heteroatoms. The Morgan fingerprint density at radius 3 is 2.54 bits per heavy atom. The third kappa shape index (κ3) is 2.36. The topological polar surface area (TPSA) is 0 Å². The van der Waals surface area contributed by atoms with E-state index >= 15 is 0 Å². The fourth-order valence-electron chi connectivity index (χ4n) is 1.58. The quantitative estimate of drug-likeness (QED) is 0.600. The zero-order valence-electron chi connectivity index (χ0n) is 8.57. The predicted molar refractivity (Wildman–Crippen MR) is 56.1 cm³/mol. The summed E-state index contributed by atoms with van der Waals surface area (Å²) >= 11 is 0. The van der Waals surface area contributed by atoms with Gasteiger partial charge < -0.3 is 0 Å². The average Bonchev–Trinajstić information content (AvgIpc) is 2.09. The van der Waals surface area contributed by atoms with E-state index in [9.17, 15) is 0 Å². The largest absolute Gasteiger partial charge is 0.0888 e.